The molecule has 0 aliphatic rings. The van der Waals surface area contributed by atoms with E-state index >= 15 is 0 Å². The van der Waals surface area contributed by atoms with Crippen molar-refractivity contribution in [3.8, 4) is 0 Å². The SMILES string of the molecule is CC(C)(C)OCC(NS(=O)(=O)c1cc(C(F)(F)F)cc(C(F)(F)F)c1)C(=O)OC(C)(C)C. The van der Waals surface area contributed by atoms with E-state index in [0.29, 0.717) is 0 Å². The summed E-state index contributed by atoms with van der Waals surface area (Å²) >= 11 is 0. The van der Waals surface area contributed by atoms with Crippen molar-refractivity contribution in [2.45, 2.75) is 76.0 Å². The van der Waals surface area contributed by atoms with Gasteiger partial charge in [-0.15, -0.1) is 0 Å². The van der Waals surface area contributed by atoms with E-state index in [4.69, 9.17) is 9.47 Å². The third-order valence-corrected chi connectivity index (χ3v) is 4.99. The molecule has 32 heavy (non-hydrogen) atoms. The maximum Gasteiger partial charge on any atom is 0.416 e. The molecule has 1 aromatic carbocycles. The zero-order valence-corrected chi connectivity index (χ0v) is 19.1. The second kappa shape index (κ2) is 9.18. The molecule has 1 aromatic rings. The molecule has 1 atom stereocenters. The lowest BCUT2D eigenvalue weighted by molar-refractivity contribution is -0.160. The van der Waals surface area contributed by atoms with Crippen molar-refractivity contribution in [2.24, 2.45) is 0 Å². The first-order valence-electron chi connectivity index (χ1n) is 9.20. The number of rotatable bonds is 6. The summed E-state index contributed by atoms with van der Waals surface area (Å²) in [6.07, 6.45) is -10.5. The average molecular weight is 493 g/mol. The van der Waals surface area contributed by atoms with E-state index in [1.807, 2.05) is 0 Å². The smallest absolute Gasteiger partial charge is 0.416 e. The Morgan fingerprint density at radius 1 is 0.875 bits per heavy atom. The molecule has 0 bridgehead atoms. The Kier molecular flexibility index (Phi) is 8.08. The van der Waals surface area contributed by atoms with Crippen molar-refractivity contribution in [1.29, 1.82) is 0 Å². The van der Waals surface area contributed by atoms with E-state index in [2.05, 4.69) is 0 Å². The summed E-state index contributed by atoms with van der Waals surface area (Å²) in [6, 6.07) is -1.84. The van der Waals surface area contributed by atoms with E-state index < -0.39 is 68.2 Å². The highest BCUT2D eigenvalue weighted by Gasteiger charge is 2.39. The second-order valence-electron chi connectivity index (χ2n) is 8.87. The molecule has 1 N–H and O–H groups in total. The summed E-state index contributed by atoms with van der Waals surface area (Å²) in [4.78, 5) is 11.1. The van der Waals surface area contributed by atoms with Crippen LogP contribution in [0.4, 0.5) is 26.3 Å². The molecule has 0 aromatic heterocycles. The Bertz CT molecular complexity index is 895. The van der Waals surface area contributed by atoms with Gasteiger partial charge in [0.1, 0.15) is 11.6 Å². The van der Waals surface area contributed by atoms with Gasteiger partial charge in [-0.25, -0.2) is 8.42 Å². The zero-order valence-electron chi connectivity index (χ0n) is 18.2. The molecule has 184 valence electrons. The molecule has 13 heteroatoms. The first-order valence-corrected chi connectivity index (χ1v) is 10.7. The fraction of sp³-hybridized carbons (Fsp3) is 0.632. The standard InChI is InChI=1S/C19H25F6NO5S/c1-16(2,3)30-10-14(15(27)31-17(4,5)6)26-32(28,29)13-8-11(18(20,21)22)7-12(9-13)19(23,24)25/h7-9,14,26H,10H2,1-6H3. The van der Waals surface area contributed by atoms with Gasteiger partial charge in [-0.2, -0.15) is 31.1 Å². The van der Waals surface area contributed by atoms with Crippen LogP contribution in [0.2, 0.25) is 0 Å². The molecular formula is C19H25F6NO5S. The number of carbonyl (C=O) groups is 1. The van der Waals surface area contributed by atoms with Crippen LogP contribution >= 0.6 is 0 Å². The van der Waals surface area contributed by atoms with E-state index in [0.717, 1.165) is 0 Å². The first-order chi connectivity index (χ1) is 14.0. The summed E-state index contributed by atoms with van der Waals surface area (Å²) in [5.41, 5.74) is -5.52. The molecular weight excluding hydrogens is 468 g/mol. The number of carbonyl (C=O) groups excluding carboxylic acids is 1. The van der Waals surface area contributed by atoms with Gasteiger partial charge >= 0.3 is 18.3 Å². The van der Waals surface area contributed by atoms with Crippen LogP contribution in [-0.4, -0.2) is 38.2 Å². The van der Waals surface area contributed by atoms with Crippen molar-refractivity contribution in [1.82, 2.24) is 4.72 Å². The second-order valence-corrected chi connectivity index (χ2v) is 10.6. The quantitative estimate of drug-likeness (QED) is 0.465. The average Bonchev–Trinajstić information content (AvgIpc) is 2.54. The molecule has 1 rings (SSSR count). The van der Waals surface area contributed by atoms with Crippen LogP contribution < -0.4 is 4.72 Å². The minimum absolute atomic E-state index is 0.0499. The van der Waals surface area contributed by atoms with Gasteiger partial charge in [0.15, 0.2) is 0 Å². The van der Waals surface area contributed by atoms with Gasteiger partial charge in [-0.1, -0.05) is 0 Å². The van der Waals surface area contributed by atoms with Gasteiger partial charge in [-0.05, 0) is 59.7 Å². The maximum absolute atomic E-state index is 13.1. The number of hydrogen-bond donors (Lipinski definition) is 1. The maximum atomic E-state index is 13.1. The zero-order chi connectivity index (χ0) is 25.3. The van der Waals surface area contributed by atoms with Crippen molar-refractivity contribution < 1.29 is 49.0 Å². The topological polar surface area (TPSA) is 81.7 Å². The Morgan fingerprint density at radius 3 is 1.66 bits per heavy atom. The molecule has 1 unspecified atom stereocenters. The molecule has 0 fully saturated rings. The summed E-state index contributed by atoms with van der Waals surface area (Å²) in [5.74, 6) is -1.12. The van der Waals surface area contributed by atoms with E-state index in [9.17, 15) is 39.6 Å². The first kappa shape index (κ1) is 28.2. The van der Waals surface area contributed by atoms with Crippen LogP contribution in [0.1, 0.15) is 52.7 Å². The highest BCUT2D eigenvalue weighted by Crippen LogP contribution is 2.37. The number of nitrogens with one attached hydrogen (secondary N) is 1. The van der Waals surface area contributed by atoms with Gasteiger partial charge in [0.25, 0.3) is 0 Å². The Morgan fingerprint density at radius 2 is 1.31 bits per heavy atom. The molecule has 0 saturated heterocycles. The van der Waals surface area contributed by atoms with Crippen molar-refractivity contribution in [3.63, 3.8) is 0 Å². The molecule has 0 radical (unpaired) electrons. The van der Waals surface area contributed by atoms with E-state index in [1.54, 1.807) is 25.5 Å². The molecule has 0 saturated carbocycles. The van der Waals surface area contributed by atoms with Crippen LogP contribution in [0, 0.1) is 0 Å². The highest BCUT2D eigenvalue weighted by atomic mass is 32.2. The summed E-state index contributed by atoms with van der Waals surface area (Å²) in [7, 11) is -5.02. The van der Waals surface area contributed by atoms with Gasteiger partial charge in [0, 0.05) is 0 Å². The van der Waals surface area contributed by atoms with Gasteiger partial charge < -0.3 is 9.47 Å². The van der Waals surface area contributed by atoms with Crippen LogP contribution in [0.3, 0.4) is 0 Å². The van der Waals surface area contributed by atoms with Crippen molar-refractivity contribution >= 4 is 16.0 Å². The molecule has 0 aliphatic carbocycles. The molecule has 6 nitrogen and oxygen atoms in total. The molecule has 0 amide bonds. The van der Waals surface area contributed by atoms with E-state index in [-0.39, 0.29) is 18.2 Å². The molecule has 0 aliphatic heterocycles. The minimum Gasteiger partial charge on any atom is -0.459 e. The lowest BCUT2D eigenvalue weighted by Gasteiger charge is -2.27. The normalized spacial score (nSPS) is 14.9. The lowest BCUT2D eigenvalue weighted by atomic mass is 10.1. The number of benzene rings is 1. The minimum atomic E-state index is -5.24. The molecule has 0 heterocycles. The van der Waals surface area contributed by atoms with Crippen molar-refractivity contribution in [2.75, 3.05) is 6.61 Å². The predicted molar refractivity (Wildman–Crippen MR) is 102 cm³/mol. The summed E-state index contributed by atoms with van der Waals surface area (Å²) in [5, 5.41) is 0. The van der Waals surface area contributed by atoms with Crippen molar-refractivity contribution in [3.05, 3.63) is 29.3 Å². The summed E-state index contributed by atoms with van der Waals surface area (Å²) < 4.78 is 116. The van der Waals surface area contributed by atoms with Gasteiger partial charge in [0.2, 0.25) is 10.0 Å². The number of alkyl halides is 6. The number of esters is 1. The molecule has 0 spiro atoms. The Labute approximate surface area is 182 Å². The third-order valence-electron chi connectivity index (χ3n) is 3.54. The van der Waals surface area contributed by atoms with Gasteiger partial charge in [-0.3, -0.25) is 4.79 Å². The summed E-state index contributed by atoms with van der Waals surface area (Å²) in [6.45, 7) is 8.67. The number of sulfonamides is 1. The van der Waals surface area contributed by atoms with Crippen LogP contribution in [0.5, 0.6) is 0 Å². The largest absolute Gasteiger partial charge is 0.459 e. The van der Waals surface area contributed by atoms with Gasteiger partial charge in [0.05, 0.1) is 28.2 Å². The number of halogens is 6. The fourth-order valence-electron chi connectivity index (χ4n) is 2.19. The lowest BCUT2D eigenvalue weighted by Crippen LogP contribution is -2.48. The van der Waals surface area contributed by atoms with Crippen LogP contribution in [0.25, 0.3) is 0 Å². The number of hydrogen-bond acceptors (Lipinski definition) is 5. The highest BCUT2D eigenvalue weighted by molar-refractivity contribution is 7.89. The number of ether oxygens (including phenoxy) is 2. The van der Waals surface area contributed by atoms with Crippen LogP contribution in [-0.2, 0) is 36.6 Å². The Balaban J connectivity index is 3.45. The third kappa shape index (κ3) is 8.94. The monoisotopic (exact) mass is 493 g/mol. The van der Waals surface area contributed by atoms with Crippen LogP contribution in [0.15, 0.2) is 23.1 Å². The predicted octanol–water partition coefficient (Wildman–Crippen LogP) is 4.53. The van der Waals surface area contributed by atoms with E-state index in [1.165, 1.54) is 20.8 Å². The fourth-order valence-corrected chi connectivity index (χ4v) is 3.43. The Hall–Kier alpha value is -1.86.